The number of aldehydes is 1. The molecule has 1 aliphatic heterocycles. The summed E-state index contributed by atoms with van der Waals surface area (Å²) in [5.41, 5.74) is 7.91. The molecule has 1 aliphatic rings. The maximum Gasteiger partial charge on any atom is 0.157 e. The number of anilines is 4. The van der Waals surface area contributed by atoms with Gasteiger partial charge in [0.1, 0.15) is 18.0 Å². The highest BCUT2D eigenvalue weighted by Gasteiger charge is 2.12. The monoisotopic (exact) mass is 299 g/mol. The van der Waals surface area contributed by atoms with Crippen molar-refractivity contribution in [2.24, 2.45) is 0 Å². The molecule has 0 aliphatic carbocycles. The molecule has 0 bridgehead atoms. The molecule has 2 aromatic rings. The Morgan fingerprint density at radius 3 is 2.59 bits per heavy atom. The highest BCUT2D eigenvalue weighted by molar-refractivity contribution is 5.89. The Labute approximate surface area is 128 Å². The zero-order valence-corrected chi connectivity index (χ0v) is 12.0. The molecule has 22 heavy (non-hydrogen) atoms. The number of morpholine rings is 1. The third-order valence-electron chi connectivity index (χ3n) is 3.54. The zero-order valence-electron chi connectivity index (χ0n) is 12.0. The van der Waals surface area contributed by atoms with Crippen molar-refractivity contribution in [3.63, 3.8) is 0 Å². The predicted molar refractivity (Wildman–Crippen MR) is 84.6 cm³/mol. The fraction of sp³-hybridized carbons (Fsp3) is 0.267. The fourth-order valence-corrected chi connectivity index (χ4v) is 2.34. The highest BCUT2D eigenvalue weighted by atomic mass is 16.5. The van der Waals surface area contributed by atoms with E-state index in [1.807, 2.05) is 24.3 Å². The molecule has 1 aromatic carbocycles. The molecule has 0 radical (unpaired) electrons. The highest BCUT2D eigenvalue weighted by Crippen LogP contribution is 2.23. The number of rotatable bonds is 4. The summed E-state index contributed by atoms with van der Waals surface area (Å²) in [4.78, 5) is 21.2. The summed E-state index contributed by atoms with van der Waals surface area (Å²) in [6.07, 6.45) is 1.98. The van der Waals surface area contributed by atoms with Gasteiger partial charge in [-0.1, -0.05) is 0 Å². The van der Waals surface area contributed by atoms with Gasteiger partial charge in [-0.05, 0) is 24.3 Å². The van der Waals surface area contributed by atoms with Crippen LogP contribution in [0.4, 0.5) is 23.0 Å². The van der Waals surface area contributed by atoms with E-state index in [0.29, 0.717) is 12.1 Å². The van der Waals surface area contributed by atoms with Crippen molar-refractivity contribution in [3.8, 4) is 0 Å². The third kappa shape index (κ3) is 2.99. The summed E-state index contributed by atoms with van der Waals surface area (Å²) in [6, 6.07) is 7.94. The Morgan fingerprint density at radius 1 is 1.18 bits per heavy atom. The van der Waals surface area contributed by atoms with Crippen LogP contribution in [0.2, 0.25) is 0 Å². The maximum atomic E-state index is 11.1. The lowest BCUT2D eigenvalue weighted by Gasteiger charge is -2.28. The summed E-state index contributed by atoms with van der Waals surface area (Å²) in [7, 11) is 0. The minimum atomic E-state index is 0.164. The lowest BCUT2D eigenvalue weighted by Crippen LogP contribution is -2.36. The lowest BCUT2D eigenvalue weighted by atomic mass is 10.2. The largest absolute Gasteiger partial charge is 0.383 e. The Hall–Kier alpha value is -2.67. The molecule has 114 valence electrons. The molecule has 7 nitrogen and oxygen atoms in total. The number of ether oxygens (including phenoxy) is 1. The second-order valence-corrected chi connectivity index (χ2v) is 4.91. The second kappa shape index (κ2) is 6.40. The van der Waals surface area contributed by atoms with Crippen molar-refractivity contribution in [3.05, 3.63) is 36.2 Å². The molecule has 0 saturated carbocycles. The molecule has 2 heterocycles. The lowest BCUT2D eigenvalue weighted by molar-refractivity contribution is 0.112. The molecule has 0 atom stereocenters. The van der Waals surface area contributed by atoms with Gasteiger partial charge in [0, 0.05) is 24.5 Å². The van der Waals surface area contributed by atoms with Crippen LogP contribution in [0.3, 0.4) is 0 Å². The van der Waals surface area contributed by atoms with Crippen LogP contribution in [-0.2, 0) is 4.74 Å². The van der Waals surface area contributed by atoms with Crippen molar-refractivity contribution in [1.82, 2.24) is 9.97 Å². The third-order valence-corrected chi connectivity index (χ3v) is 3.54. The van der Waals surface area contributed by atoms with Crippen molar-refractivity contribution in [2.75, 3.05) is 42.3 Å². The Kier molecular flexibility index (Phi) is 4.15. The number of hydrogen-bond acceptors (Lipinski definition) is 7. The van der Waals surface area contributed by atoms with Gasteiger partial charge in [0.05, 0.1) is 18.8 Å². The van der Waals surface area contributed by atoms with E-state index >= 15 is 0 Å². The van der Waals surface area contributed by atoms with Crippen LogP contribution >= 0.6 is 0 Å². The molecule has 1 aromatic heterocycles. The van der Waals surface area contributed by atoms with E-state index in [2.05, 4.69) is 20.2 Å². The van der Waals surface area contributed by atoms with Gasteiger partial charge in [0.15, 0.2) is 6.29 Å². The maximum absolute atomic E-state index is 11.1. The molecule has 0 spiro atoms. The average molecular weight is 299 g/mol. The van der Waals surface area contributed by atoms with Gasteiger partial charge >= 0.3 is 0 Å². The van der Waals surface area contributed by atoms with Crippen molar-refractivity contribution in [1.29, 1.82) is 0 Å². The zero-order chi connectivity index (χ0) is 15.4. The quantitative estimate of drug-likeness (QED) is 0.825. The fourth-order valence-electron chi connectivity index (χ4n) is 2.34. The normalized spacial score (nSPS) is 14.6. The summed E-state index contributed by atoms with van der Waals surface area (Å²) < 4.78 is 5.35. The number of hydrogen-bond donors (Lipinski definition) is 2. The van der Waals surface area contributed by atoms with Crippen LogP contribution in [0.5, 0.6) is 0 Å². The van der Waals surface area contributed by atoms with Crippen LogP contribution in [-0.4, -0.2) is 42.6 Å². The molecular formula is C15H17N5O2. The van der Waals surface area contributed by atoms with Gasteiger partial charge in [-0.2, -0.15) is 0 Å². The number of nitrogens with one attached hydrogen (secondary N) is 1. The number of benzene rings is 1. The van der Waals surface area contributed by atoms with Crippen LogP contribution in [0.25, 0.3) is 0 Å². The molecular weight excluding hydrogens is 282 g/mol. The van der Waals surface area contributed by atoms with Crippen LogP contribution < -0.4 is 16.0 Å². The summed E-state index contributed by atoms with van der Waals surface area (Å²) >= 11 is 0. The van der Waals surface area contributed by atoms with Gasteiger partial charge in [0.25, 0.3) is 0 Å². The summed E-state index contributed by atoms with van der Waals surface area (Å²) in [5, 5.41) is 3.09. The molecule has 7 heteroatoms. The Bertz CT molecular complexity index is 653. The van der Waals surface area contributed by atoms with E-state index in [1.165, 1.54) is 6.33 Å². The van der Waals surface area contributed by atoms with Gasteiger partial charge in [0.2, 0.25) is 0 Å². The smallest absolute Gasteiger partial charge is 0.157 e. The van der Waals surface area contributed by atoms with E-state index in [1.54, 1.807) is 0 Å². The predicted octanol–water partition coefficient (Wildman–Crippen LogP) is 1.45. The minimum Gasteiger partial charge on any atom is -0.383 e. The molecule has 0 amide bonds. The number of carbonyl (C=O) groups is 1. The first kappa shape index (κ1) is 14.3. The first-order valence-corrected chi connectivity index (χ1v) is 7.03. The van der Waals surface area contributed by atoms with E-state index in [4.69, 9.17) is 10.5 Å². The minimum absolute atomic E-state index is 0.164. The Morgan fingerprint density at radius 2 is 1.91 bits per heavy atom. The number of aromatic nitrogens is 2. The summed E-state index contributed by atoms with van der Waals surface area (Å²) in [6.45, 7) is 3.29. The number of nitrogen functional groups attached to an aromatic ring is 1. The van der Waals surface area contributed by atoms with Crippen molar-refractivity contribution >= 4 is 29.3 Å². The van der Waals surface area contributed by atoms with Gasteiger partial charge < -0.3 is 20.7 Å². The number of nitrogens with zero attached hydrogens (tertiary/aromatic N) is 3. The molecule has 1 fully saturated rings. The number of nitrogens with two attached hydrogens (primary N) is 1. The molecule has 1 saturated heterocycles. The van der Waals surface area contributed by atoms with Crippen LogP contribution in [0.1, 0.15) is 10.4 Å². The Balaban J connectivity index is 1.76. The van der Waals surface area contributed by atoms with Crippen molar-refractivity contribution < 1.29 is 9.53 Å². The van der Waals surface area contributed by atoms with E-state index < -0.39 is 0 Å². The average Bonchev–Trinajstić information content (AvgIpc) is 2.57. The topological polar surface area (TPSA) is 93.4 Å². The first-order valence-electron chi connectivity index (χ1n) is 7.03. The van der Waals surface area contributed by atoms with Gasteiger partial charge in [-0.3, -0.25) is 4.79 Å². The van der Waals surface area contributed by atoms with E-state index in [-0.39, 0.29) is 11.4 Å². The van der Waals surface area contributed by atoms with Crippen LogP contribution in [0.15, 0.2) is 30.6 Å². The van der Waals surface area contributed by atoms with Crippen LogP contribution in [0, 0.1) is 0 Å². The second-order valence-electron chi connectivity index (χ2n) is 4.91. The molecule has 3 rings (SSSR count). The molecule has 3 N–H and O–H groups in total. The first-order chi connectivity index (χ1) is 10.8. The standard InChI is InChI=1S/C15H17N5O2/c16-14-13(9-21)15(18-10-17-14)19-11-1-3-12(4-2-11)20-5-7-22-8-6-20/h1-4,9-10H,5-8H2,(H3,16,17,18,19). The number of carbonyl (C=O) groups excluding carboxylic acids is 1. The molecule has 0 unspecified atom stereocenters. The SMILES string of the molecule is Nc1ncnc(Nc2ccc(N3CCOCC3)cc2)c1C=O. The van der Waals surface area contributed by atoms with E-state index in [9.17, 15) is 4.79 Å². The van der Waals surface area contributed by atoms with Crippen molar-refractivity contribution in [2.45, 2.75) is 0 Å². The van der Waals surface area contributed by atoms with Gasteiger partial charge in [-0.25, -0.2) is 9.97 Å². The summed E-state index contributed by atoms with van der Waals surface area (Å²) in [5.74, 6) is 0.569. The van der Waals surface area contributed by atoms with Gasteiger partial charge in [-0.15, -0.1) is 0 Å². The van der Waals surface area contributed by atoms with E-state index in [0.717, 1.165) is 37.7 Å².